The summed E-state index contributed by atoms with van der Waals surface area (Å²) in [5, 5.41) is 13.0. The molecule has 2 fully saturated rings. The second-order valence-electron chi connectivity index (χ2n) is 11.4. The molecular formula is C31H32N8. The molecule has 1 aliphatic heterocycles. The molecule has 39 heavy (non-hydrogen) atoms. The van der Waals surface area contributed by atoms with Gasteiger partial charge >= 0.3 is 0 Å². The van der Waals surface area contributed by atoms with Crippen LogP contribution >= 0.6 is 0 Å². The van der Waals surface area contributed by atoms with E-state index in [1.165, 1.54) is 18.4 Å². The quantitative estimate of drug-likeness (QED) is 0.251. The Bertz CT molecular complexity index is 1680. The van der Waals surface area contributed by atoms with Crippen LogP contribution in [0.2, 0.25) is 0 Å². The molecule has 0 radical (unpaired) electrons. The molecule has 0 amide bonds. The molecule has 1 aliphatic carbocycles. The van der Waals surface area contributed by atoms with Crippen LogP contribution in [0.3, 0.4) is 0 Å². The van der Waals surface area contributed by atoms with Gasteiger partial charge in [0.2, 0.25) is 0 Å². The van der Waals surface area contributed by atoms with Crippen molar-refractivity contribution in [1.82, 2.24) is 30.2 Å². The van der Waals surface area contributed by atoms with Crippen LogP contribution in [0, 0.1) is 5.41 Å². The summed E-state index contributed by atoms with van der Waals surface area (Å²) in [4.78, 5) is 24.0. The van der Waals surface area contributed by atoms with Crippen LogP contribution in [-0.4, -0.2) is 44.1 Å². The van der Waals surface area contributed by atoms with Crippen LogP contribution in [-0.2, 0) is 0 Å². The second kappa shape index (κ2) is 9.54. The second-order valence-corrected chi connectivity index (χ2v) is 11.4. The van der Waals surface area contributed by atoms with Crippen molar-refractivity contribution in [3.63, 3.8) is 0 Å². The minimum absolute atomic E-state index is 0.100. The van der Waals surface area contributed by atoms with Crippen LogP contribution in [0.25, 0.3) is 33.2 Å². The average molecular weight is 517 g/mol. The number of pyridine rings is 3. The highest BCUT2D eigenvalue weighted by Gasteiger charge is 2.34. The fraction of sp³-hybridized carbons (Fsp3) is 0.323. The predicted octanol–water partition coefficient (Wildman–Crippen LogP) is 6.06. The number of aromatic nitrogens is 5. The van der Waals surface area contributed by atoms with E-state index in [4.69, 9.17) is 15.0 Å². The van der Waals surface area contributed by atoms with Gasteiger partial charge in [0.05, 0.1) is 17.2 Å². The Hall–Kier alpha value is -4.17. The number of hydrogen-bond donors (Lipinski definition) is 3. The minimum atomic E-state index is 0.100. The summed E-state index contributed by atoms with van der Waals surface area (Å²) >= 11 is 0. The number of piperidine rings is 1. The molecule has 3 N–H and O–H groups in total. The highest BCUT2D eigenvalue weighted by atomic mass is 15.1. The molecule has 5 aromatic rings. The zero-order chi connectivity index (χ0) is 26.4. The molecule has 1 aromatic carbocycles. The van der Waals surface area contributed by atoms with Crippen LogP contribution in [0.4, 0.5) is 17.5 Å². The van der Waals surface area contributed by atoms with E-state index in [2.05, 4.69) is 51.9 Å². The van der Waals surface area contributed by atoms with Gasteiger partial charge in [-0.25, -0.2) is 19.9 Å². The number of nitrogens with zero attached hydrogens (tertiary/aromatic N) is 5. The van der Waals surface area contributed by atoms with Gasteiger partial charge in [-0.1, -0.05) is 32.0 Å². The third-order valence-corrected chi connectivity index (χ3v) is 7.97. The van der Waals surface area contributed by atoms with Gasteiger partial charge in [-0.2, -0.15) is 0 Å². The normalized spacial score (nSPS) is 18.8. The number of fused-ring (bicyclic) bond motifs is 2. The highest BCUT2D eigenvalue weighted by molar-refractivity contribution is 5.94. The molecule has 8 heteroatoms. The van der Waals surface area contributed by atoms with Gasteiger partial charge in [0.15, 0.2) is 5.82 Å². The van der Waals surface area contributed by atoms with Crippen LogP contribution in [0.5, 0.6) is 0 Å². The van der Waals surface area contributed by atoms with Gasteiger partial charge in [-0.05, 0) is 73.0 Å². The maximum absolute atomic E-state index is 5.15. The summed E-state index contributed by atoms with van der Waals surface area (Å²) in [6, 6.07) is 16.4. The van der Waals surface area contributed by atoms with Gasteiger partial charge in [0.25, 0.3) is 0 Å². The van der Waals surface area contributed by atoms with Crippen molar-refractivity contribution in [2.75, 3.05) is 23.7 Å². The molecule has 0 spiro atoms. The molecule has 5 heterocycles. The van der Waals surface area contributed by atoms with Crippen LogP contribution in [0.1, 0.15) is 44.6 Å². The Morgan fingerprint density at radius 2 is 1.79 bits per heavy atom. The Morgan fingerprint density at radius 3 is 2.67 bits per heavy atom. The Balaban J connectivity index is 1.27. The smallest absolute Gasteiger partial charge is 0.162 e. The van der Waals surface area contributed by atoms with Gasteiger partial charge in [-0.15, -0.1) is 0 Å². The third-order valence-electron chi connectivity index (χ3n) is 7.97. The van der Waals surface area contributed by atoms with Gasteiger partial charge in [0.1, 0.15) is 17.5 Å². The largest absolute Gasteiger partial charge is 0.366 e. The first kappa shape index (κ1) is 23.9. The Morgan fingerprint density at radius 1 is 0.897 bits per heavy atom. The van der Waals surface area contributed by atoms with E-state index in [1.807, 2.05) is 48.8 Å². The molecule has 0 unspecified atom stereocenters. The Kier molecular flexibility index (Phi) is 5.85. The van der Waals surface area contributed by atoms with Crippen molar-refractivity contribution in [1.29, 1.82) is 0 Å². The summed E-state index contributed by atoms with van der Waals surface area (Å²) in [7, 11) is 0. The first-order valence-corrected chi connectivity index (χ1v) is 13.8. The maximum Gasteiger partial charge on any atom is 0.162 e. The van der Waals surface area contributed by atoms with Gasteiger partial charge < -0.3 is 16.0 Å². The number of benzene rings is 1. The number of nitrogens with one attached hydrogen (secondary N) is 3. The van der Waals surface area contributed by atoms with Crippen molar-refractivity contribution in [3.8, 4) is 11.4 Å². The van der Waals surface area contributed by atoms with E-state index in [0.29, 0.717) is 23.6 Å². The highest BCUT2D eigenvalue weighted by Crippen LogP contribution is 2.44. The fourth-order valence-electron chi connectivity index (χ4n) is 5.55. The van der Waals surface area contributed by atoms with E-state index in [9.17, 15) is 0 Å². The molecule has 4 aromatic heterocycles. The molecule has 0 bridgehead atoms. The van der Waals surface area contributed by atoms with E-state index in [0.717, 1.165) is 58.5 Å². The monoisotopic (exact) mass is 516 g/mol. The molecule has 2 aliphatic rings. The van der Waals surface area contributed by atoms with Crippen molar-refractivity contribution in [2.45, 2.75) is 45.1 Å². The molecule has 1 saturated heterocycles. The topological polar surface area (TPSA) is 101 Å². The lowest BCUT2D eigenvalue weighted by atomic mass is 9.80. The van der Waals surface area contributed by atoms with Crippen molar-refractivity contribution < 1.29 is 0 Å². The molecular weight excluding hydrogens is 484 g/mol. The number of para-hydroxylation sites is 1. The van der Waals surface area contributed by atoms with Crippen molar-refractivity contribution in [2.24, 2.45) is 5.41 Å². The zero-order valence-electron chi connectivity index (χ0n) is 22.3. The third kappa shape index (κ3) is 4.76. The maximum atomic E-state index is 5.15. The SMILES string of the molecule is CC1(C)CNCC[C@@H]1Nc1nc(-c2ccnc(Nc3ccc4ccccc4n3)c2)nc2cncc(C3CC3)c12. The van der Waals surface area contributed by atoms with Crippen molar-refractivity contribution >= 4 is 39.3 Å². The summed E-state index contributed by atoms with van der Waals surface area (Å²) in [6.45, 7) is 6.59. The predicted molar refractivity (Wildman–Crippen MR) is 156 cm³/mol. The lowest BCUT2D eigenvalue weighted by Crippen LogP contribution is -2.49. The van der Waals surface area contributed by atoms with E-state index in [-0.39, 0.29) is 5.41 Å². The summed E-state index contributed by atoms with van der Waals surface area (Å²) < 4.78 is 0. The Labute approximate surface area is 227 Å². The van der Waals surface area contributed by atoms with Crippen molar-refractivity contribution in [3.05, 3.63) is 72.7 Å². The van der Waals surface area contributed by atoms with Gasteiger partial charge in [-0.3, -0.25) is 4.98 Å². The molecule has 196 valence electrons. The first-order valence-electron chi connectivity index (χ1n) is 13.8. The van der Waals surface area contributed by atoms with E-state index >= 15 is 0 Å². The van der Waals surface area contributed by atoms with E-state index in [1.54, 1.807) is 6.20 Å². The molecule has 8 nitrogen and oxygen atoms in total. The lowest BCUT2D eigenvalue weighted by molar-refractivity contribution is 0.236. The van der Waals surface area contributed by atoms with Gasteiger partial charge in [0, 0.05) is 41.3 Å². The summed E-state index contributed by atoms with van der Waals surface area (Å²) in [5.74, 6) is 3.54. The molecule has 1 atom stereocenters. The lowest BCUT2D eigenvalue weighted by Gasteiger charge is -2.40. The molecule has 1 saturated carbocycles. The zero-order valence-corrected chi connectivity index (χ0v) is 22.3. The number of hydrogen-bond acceptors (Lipinski definition) is 8. The number of rotatable bonds is 6. The fourth-order valence-corrected chi connectivity index (χ4v) is 5.55. The number of anilines is 3. The van der Waals surface area contributed by atoms with E-state index < -0.39 is 0 Å². The van der Waals surface area contributed by atoms with Crippen LogP contribution < -0.4 is 16.0 Å². The average Bonchev–Trinajstić information content (AvgIpc) is 3.79. The summed E-state index contributed by atoms with van der Waals surface area (Å²) in [5.41, 5.74) is 4.06. The standard InChI is InChI=1S/C31H32N8/c1-31(2)18-32-13-12-25(31)37-30-28-22(19-7-8-19)16-33-17-24(28)36-29(39-30)21-11-14-34-27(15-21)38-26-10-9-20-5-3-4-6-23(20)35-26/h3-6,9-11,14-17,19,25,32H,7-8,12-13,18H2,1-2H3,(H,34,35,38)(H,36,37,39)/t25-/m0/s1. The summed E-state index contributed by atoms with van der Waals surface area (Å²) in [6.07, 6.45) is 9.09. The van der Waals surface area contributed by atoms with Crippen LogP contribution in [0.15, 0.2) is 67.1 Å². The molecule has 7 rings (SSSR count). The minimum Gasteiger partial charge on any atom is -0.366 e. The first-order chi connectivity index (χ1) is 19.0.